The van der Waals surface area contributed by atoms with Crippen molar-refractivity contribution >= 4 is 28.7 Å². The van der Waals surface area contributed by atoms with E-state index in [9.17, 15) is 18.8 Å². The maximum Gasteiger partial charge on any atom is 0.301 e. The van der Waals surface area contributed by atoms with Crippen LogP contribution < -0.4 is 20.1 Å². The van der Waals surface area contributed by atoms with Gasteiger partial charge in [0.15, 0.2) is 17.1 Å². The van der Waals surface area contributed by atoms with Crippen LogP contribution >= 0.6 is 0 Å². The number of nitrogens with zero attached hydrogens (tertiary/aromatic N) is 5. The zero-order valence-corrected chi connectivity index (χ0v) is 24.2. The minimum Gasteiger partial charge on any atom is -0.481 e. The molecule has 1 amide bonds. The summed E-state index contributed by atoms with van der Waals surface area (Å²) >= 11 is 0. The molecule has 4 heterocycles. The molecule has 0 saturated carbocycles. The van der Waals surface area contributed by atoms with Gasteiger partial charge >= 0.3 is 5.56 Å². The molecular weight excluding hydrogens is 549 g/mol. The Kier molecular flexibility index (Phi) is 8.20. The van der Waals surface area contributed by atoms with Gasteiger partial charge in [0.1, 0.15) is 12.4 Å². The first-order valence-corrected chi connectivity index (χ1v) is 14.7. The van der Waals surface area contributed by atoms with Gasteiger partial charge < -0.3 is 14.5 Å². The average molecular weight is 584 g/mol. The van der Waals surface area contributed by atoms with Crippen molar-refractivity contribution in [2.24, 2.45) is 0 Å². The van der Waals surface area contributed by atoms with Crippen molar-refractivity contribution in [2.45, 2.75) is 32.3 Å². The summed E-state index contributed by atoms with van der Waals surface area (Å²) in [5, 5.41) is 0. The first-order chi connectivity index (χ1) is 20.9. The number of carbonyl (C=O) groups is 2. The fraction of sp³-hybridized carbons (Fsp3) is 0.333. The highest BCUT2D eigenvalue weighted by atomic mass is 19.1. The highest BCUT2D eigenvalue weighted by Crippen LogP contribution is 2.31. The molecule has 2 aliphatic heterocycles. The van der Waals surface area contributed by atoms with Gasteiger partial charge in [-0.3, -0.25) is 23.7 Å². The lowest BCUT2D eigenvalue weighted by atomic mass is 10.1. The minimum atomic E-state index is -0.505. The van der Waals surface area contributed by atoms with Crippen molar-refractivity contribution in [3.8, 4) is 5.75 Å². The molecule has 6 rings (SSSR count). The molecule has 0 bridgehead atoms. The fourth-order valence-electron chi connectivity index (χ4n) is 5.66. The predicted octanol–water partition coefficient (Wildman–Crippen LogP) is 4.11. The lowest BCUT2D eigenvalue weighted by Gasteiger charge is -2.33. The van der Waals surface area contributed by atoms with E-state index >= 15 is 0 Å². The Bertz CT molecular complexity index is 1700. The van der Waals surface area contributed by atoms with Gasteiger partial charge in [-0.1, -0.05) is 42.5 Å². The van der Waals surface area contributed by atoms with Gasteiger partial charge in [-0.25, -0.2) is 9.37 Å². The monoisotopic (exact) mass is 583 g/mol. The van der Waals surface area contributed by atoms with E-state index in [4.69, 9.17) is 9.72 Å². The summed E-state index contributed by atoms with van der Waals surface area (Å²) in [6.45, 7) is 3.12. The van der Waals surface area contributed by atoms with Crippen LogP contribution in [-0.4, -0.2) is 65.7 Å². The second kappa shape index (κ2) is 12.3. The number of anilines is 2. The maximum absolute atomic E-state index is 14.2. The normalized spacial score (nSPS) is 15.8. The number of ether oxygens (including phenoxy) is 1. The molecule has 2 fully saturated rings. The Hall–Kier alpha value is -4.57. The lowest BCUT2D eigenvalue weighted by molar-refractivity contribution is -0.120. The number of aryl methyl sites for hydroxylation is 1. The first kappa shape index (κ1) is 28.5. The summed E-state index contributed by atoms with van der Waals surface area (Å²) < 4.78 is 20.9. The summed E-state index contributed by atoms with van der Waals surface area (Å²) in [5.74, 6) is -0.946. The zero-order chi connectivity index (χ0) is 29.9. The molecule has 0 spiro atoms. The van der Waals surface area contributed by atoms with Gasteiger partial charge in [-0.2, -0.15) is 0 Å². The number of hydrogen-bond donors (Lipinski definition) is 0. The number of piperazine rings is 1. The largest absolute Gasteiger partial charge is 0.481 e. The van der Waals surface area contributed by atoms with Crippen molar-refractivity contribution in [2.75, 3.05) is 49.6 Å². The Labute approximate surface area is 249 Å². The minimum absolute atomic E-state index is 0.0462. The highest BCUT2D eigenvalue weighted by molar-refractivity contribution is 6.01. The summed E-state index contributed by atoms with van der Waals surface area (Å²) in [6.07, 6.45) is 4.21. The number of Topliss-reactive ketones (excluding diaryl/α,β-unsaturated/α-hetero) is 1. The average Bonchev–Trinajstić information content (AvgIpc) is 3.56. The van der Waals surface area contributed by atoms with Crippen LogP contribution in [0.15, 0.2) is 71.7 Å². The number of likely N-dealkylation sites (N-methyl/N-ethyl adjacent to an activating group) is 1. The SMILES string of the molecule is CN1CCN(c2cc(N3CCCC3)cn3c(=O)c(OCc4ccccc4)c(C(=O)CCc4ccc(F)cc4)nc23)C(=O)C1. The third-order valence-corrected chi connectivity index (χ3v) is 8.07. The summed E-state index contributed by atoms with van der Waals surface area (Å²) in [5.41, 5.74) is 2.61. The van der Waals surface area contributed by atoms with Gasteiger partial charge in [0.05, 0.1) is 17.9 Å². The number of carbonyl (C=O) groups excluding carboxylic acids is 2. The van der Waals surface area contributed by atoms with E-state index in [1.807, 2.05) is 48.3 Å². The number of hydrogen-bond acceptors (Lipinski definition) is 7. The molecule has 2 aromatic carbocycles. The number of fused-ring (bicyclic) bond motifs is 1. The number of benzene rings is 2. The molecule has 0 radical (unpaired) electrons. The second-order valence-electron chi connectivity index (χ2n) is 11.2. The molecule has 2 aromatic heterocycles. The molecule has 2 aliphatic rings. The number of rotatable bonds is 9. The van der Waals surface area contributed by atoms with E-state index in [0.717, 1.165) is 42.7 Å². The van der Waals surface area contributed by atoms with Crippen LogP contribution in [0, 0.1) is 5.82 Å². The van der Waals surface area contributed by atoms with Gasteiger partial charge in [0, 0.05) is 38.8 Å². The summed E-state index contributed by atoms with van der Waals surface area (Å²) in [6, 6.07) is 17.3. The van der Waals surface area contributed by atoms with E-state index in [-0.39, 0.29) is 54.2 Å². The van der Waals surface area contributed by atoms with Crippen molar-refractivity contribution in [3.63, 3.8) is 0 Å². The van der Waals surface area contributed by atoms with Crippen molar-refractivity contribution in [1.82, 2.24) is 14.3 Å². The van der Waals surface area contributed by atoms with Gasteiger partial charge in [0.2, 0.25) is 11.7 Å². The van der Waals surface area contributed by atoms with Gasteiger partial charge in [-0.05, 0) is 55.6 Å². The quantitative estimate of drug-likeness (QED) is 0.274. The van der Waals surface area contributed by atoms with E-state index in [1.54, 1.807) is 23.2 Å². The zero-order valence-electron chi connectivity index (χ0n) is 24.2. The van der Waals surface area contributed by atoms with Crippen LogP contribution in [0.1, 0.15) is 40.9 Å². The third-order valence-electron chi connectivity index (χ3n) is 8.07. The van der Waals surface area contributed by atoms with Crippen molar-refractivity contribution in [3.05, 3.63) is 99.9 Å². The molecule has 2 saturated heterocycles. The predicted molar refractivity (Wildman–Crippen MR) is 163 cm³/mol. The molecule has 0 N–H and O–H groups in total. The molecule has 4 aromatic rings. The number of amides is 1. The summed E-state index contributed by atoms with van der Waals surface area (Å²) in [4.78, 5) is 51.7. The Morgan fingerprint density at radius 3 is 2.42 bits per heavy atom. The molecular formula is C33H34FN5O4. The molecule has 0 aliphatic carbocycles. The van der Waals surface area contributed by atoms with Gasteiger partial charge in [-0.15, -0.1) is 0 Å². The van der Waals surface area contributed by atoms with E-state index < -0.39 is 5.56 Å². The molecule has 0 atom stereocenters. The first-order valence-electron chi connectivity index (χ1n) is 14.7. The number of aromatic nitrogens is 2. The van der Waals surface area contributed by atoms with E-state index in [1.165, 1.54) is 16.5 Å². The number of ketones is 1. The lowest BCUT2D eigenvalue weighted by Crippen LogP contribution is -2.49. The molecule has 9 nitrogen and oxygen atoms in total. The number of halogens is 1. The fourth-order valence-corrected chi connectivity index (χ4v) is 5.66. The Balaban J connectivity index is 1.47. The van der Waals surface area contributed by atoms with Crippen LogP contribution in [0.5, 0.6) is 5.75 Å². The van der Waals surface area contributed by atoms with Crippen LogP contribution in [-0.2, 0) is 17.8 Å². The van der Waals surface area contributed by atoms with Crippen molar-refractivity contribution < 1.29 is 18.7 Å². The van der Waals surface area contributed by atoms with Crippen LogP contribution in [0.3, 0.4) is 0 Å². The molecule has 0 unspecified atom stereocenters. The summed E-state index contributed by atoms with van der Waals surface area (Å²) in [7, 11) is 1.89. The van der Waals surface area contributed by atoms with Crippen LogP contribution in [0.2, 0.25) is 0 Å². The van der Waals surface area contributed by atoms with E-state index in [0.29, 0.717) is 25.2 Å². The molecule has 10 heteroatoms. The van der Waals surface area contributed by atoms with Gasteiger partial charge in [0.25, 0.3) is 0 Å². The third kappa shape index (κ3) is 6.15. The van der Waals surface area contributed by atoms with E-state index in [2.05, 4.69) is 4.90 Å². The molecule has 222 valence electrons. The smallest absolute Gasteiger partial charge is 0.301 e. The second-order valence-corrected chi connectivity index (χ2v) is 11.2. The molecule has 43 heavy (non-hydrogen) atoms. The van der Waals surface area contributed by atoms with Crippen LogP contribution in [0.25, 0.3) is 5.65 Å². The standard InChI is InChI=1S/C33H34FN5O4/c1-36-17-18-38(29(41)21-36)27-19-26(37-15-5-6-16-37)20-39-32(27)35-30(28(40)14-11-23-9-12-25(34)13-10-23)31(33(39)42)43-22-24-7-3-2-4-8-24/h2-4,7-10,12-13,19-20H,5-6,11,14-18,21-22H2,1H3. The highest BCUT2D eigenvalue weighted by Gasteiger charge is 2.29. The van der Waals surface area contributed by atoms with Crippen LogP contribution in [0.4, 0.5) is 15.8 Å². The van der Waals surface area contributed by atoms with Crippen molar-refractivity contribution in [1.29, 1.82) is 0 Å². The Morgan fingerprint density at radius 2 is 1.70 bits per heavy atom. The Morgan fingerprint density at radius 1 is 0.953 bits per heavy atom. The maximum atomic E-state index is 14.2. The number of pyridine rings is 1. The topological polar surface area (TPSA) is 87.5 Å².